The summed E-state index contributed by atoms with van der Waals surface area (Å²) >= 11 is 6.45. The lowest BCUT2D eigenvalue weighted by atomic mass is 10.0. The molecule has 1 aliphatic carbocycles. The molecule has 0 saturated heterocycles. The second kappa shape index (κ2) is 12.0. The van der Waals surface area contributed by atoms with E-state index in [1.807, 2.05) is 48.5 Å². The van der Waals surface area contributed by atoms with Crippen LogP contribution < -0.4 is 5.32 Å². The number of carbonyl (C=O) groups excluding carboxylic acids is 2. The summed E-state index contributed by atoms with van der Waals surface area (Å²) in [4.78, 5) is 29.0. The van der Waals surface area contributed by atoms with Crippen LogP contribution in [-0.4, -0.2) is 28.8 Å². The zero-order valence-corrected chi connectivity index (χ0v) is 20.4. The molecule has 0 bridgehead atoms. The highest BCUT2D eigenvalue weighted by Crippen LogP contribution is 2.23. The molecule has 3 aromatic carbocycles. The van der Waals surface area contributed by atoms with E-state index in [0.717, 1.165) is 36.8 Å². The van der Waals surface area contributed by atoms with Crippen LogP contribution in [0.15, 0.2) is 78.9 Å². The SMILES string of the molecule is O=C(NC1CCCC1)[C@H](Cc1ccccc1)N(Cc1ccccc1Cl)C(=O)Cc1ccc(F)cc1. The number of hydrogen-bond acceptors (Lipinski definition) is 2. The van der Waals surface area contributed by atoms with Crippen LogP contribution in [0.3, 0.4) is 0 Å². The molecule has 1 fully saturated rings. The van der Waals surface area contributed by atoms with E-state index in [9.17, 15) is 14.0 Å². The van der Waals surface area contributed by atoms with E-state index in [4.69, 9.17) is 11.6 Å². The molecule has 4 rings (SSSR count). The smallest absolute Gasteiger partial charge is 0.243 e. The first-order chi connectivity index (χ1) is 17.0. The lowest BCUT2D eigenvalue weighted by Crippen LogP contribution is -2.52. The van der Waals surface area contributed by atoms with Crippen LogP contribution >= 0.6 is 11.6 Å². The van der Waals surface area contributed by atoms with Gasteiger partial charge in [0.1, 0.15) is 11.9 Å². The molecule has 35 heavy (non-hydrogen) atoms. The quantitative estimate of drug-likeness (QED) is 0.415. The second-order valence-corrected chi connectivity index (χ2v) is 9.52. The fourth-order valence-electron chi connectivity index (χ4n) is 4.61. The highest BCUT2D eigenvalue weighted by molar-refractivity contribution is 6.31. The van der Waals surface area contributed by atoms with E-state index in [2.05, 4.69) is 5.32 Å². The van der Waals surface area contributed by atoms with Crippen LogP contribution in [0.5, 0.6) is 0 Å². The highest BCUT2D eigenvalue weighted by Gasteiger charge is 2.32. The molecule has 0 aliphatic heterocycles. The summed E-state index contributed by atoms with van der Waals surface area (Å²) in [5, 5.41) is 3.73. The van der Waals surface area contributed by atoms with Crippen molar-refractivity contribution < 1.29 is 14.0 Å². The summed E-state index contributed by atoms with van der Waals surface area (Å²) in [6.07, 6.45) is 4.56. The summed E-state index contributed by atoms with van der Waals surface area (Å²) in [5.41, 5.74) is 2.43. The molecular formula is C29H30ClFN2O2. The Kier molecular flexibility index (Phi) is 8.54. The van der Waals surface area contributed by atoms with Crippen molar-refractivity contribution >= 4 is 23.4 Å². The number of carbonyl (C=O) groups is 2. The fraction of sp³-hybridized carbons (Fsp3) is 0.310. The Labute approximate surface area is 211 Å². The molecule has 1 N–H and O–H groups in total. The highest BCUT2D eigenvalue weighted by atomic mass is 35.5. The minimum atomic E-state index is -0.706. The standard InChI is InChI=1S/C29H30ClFN2O2/c30-26-13-7-4-10-23(26)20-33(28(34)19-22-14-16-24(31)17-15-22)27(18-21-8-2-1-3-9-21)29(35)32-25-11-5-6-12-25/h1-4,7-10,13-17,25,27H,5-6,11-12,18-20H2,(H,32,35)/t27-/m0/s1. The van der Waals surface area contributed by atoms with Crippen LogP contribution in [0, 0.1) is 5.82 Å². The van der Waals surface area contributed by atoms with Crippen molar-refractivity contribution in [2.75, 3.05) is 0 Å². The molecule has 1 atom stereocenters. The number of nitrogens with zero attached hydrogens (tertiary/aromatic N) is 1. The van der Waals surface area contributed by atoms with Gasteiger partial charge >= 0.3 is 0 Å². The van der Waals surface area contributed by atoms with E-state index >= 15 is 0 Å². The molecule has 0 radical (unpaired) electrons. The van der Waals surface area contributed by atoms with E-state index in [-0.39, 0.29) is 36.6 Å². The minimum Gasteiger partial charge on any atom is -0.352 e. The number of rotatable bonds is 9. The predicted molar refractivity (Wildman–Crippen MR) is 136 cm³/mol. The molecule has 3 aromatic rings. The van der Waals surface area contributed by atoms with Gasteiger partial charge in [-0.3, -0.25) is 9.59 Å². The van der Waals surface area contributed by atoms with Crippen molar-refractivity contribution in [3.8, 4) is 0 Å². The zero-order chi connectivity index (χ0) is 24.6. The summed E-state index contributed by atoms with van der Waals surface area (Å²) in [6.45, 7) is 0.204. The monoisotopic (exact) mass is 492 g/mol. The fourth-order valence-corrected chi connectivity index (χ4v) is 4.81. The Bertz CT molecular complexity index is 1130. The molecule has 1 saturated carbocycles. The number of nitrogens with one attached hydrogen (secondary N) is 1. The van der Waals surface area contributed by atoms with Crippen molar-refractivity contribution in [1.29, 1.82) is 0 Å². The molecule has 182 valence electrons. The average Bonchev–Trinajstić information content (AvgIpc) is 3.37. The van der Waals surface area contributed by atoms with Gasteiger partial charge in [0.25, 0.3) is 0 Å². The molecule has 1 aliphatic rings. The molecule has 4 nitrogen and oxygen atoms in total. The number of hydrogen-bond donors (Lipinski definition) is 1. The van der Waals surface area contributed by atoms with Gasteiger partial charge in [0, 0.05) is 24.0 Å². The molecule has 0 heterocycles. The first-order valence-corrected chi connectivity index (χ1v) is 12.5. The Balaban J connectivity index is 1.66. The van der Waals surface area contributed by atoms with Gasteiger partial charge in [0.2, 0.25) is 11.8 Å². The van der Waals surface area contributed by atoms with Crippen LogP contribution in [0.1, 0.15) is 42.4 Å². The van der Waals surface area contributed by atoms with Gasteiger partial charge in [0.05, 0.1) is 6.42 Å². The van der Waals surface area contributed by atoms with Gasteiger partial charge in [-0.25, -0.2) is 4.39 Å². The summed E-state index contributed by atoms with van der Waals surface area (Å²) in [5.74, 6) is -0.716. The van der Waals surface area contributed by atoms with Gasteiger partial charge in [0.15, 0.2) is 0 Å². The van der Waals surface area contributed by atoms with Gasteiger partial charge in [-0.2, -0.15) is 0 Å². The van der Waals surface area contributed by atoms with Gasteiger partial charge in [-0.15, -0.1) is 0 Å². The molecular weight excluding hydrogens is 463 g/mol. The van der Waals surface area contributed by atoms with E-state index in [1.165, 1.54) is 12.1 Å². The van der Waals surface area contributed by atoms with E-state index in [0.29, 0.717) is 17.0 Å². The predicted octanol–water partition coefficient (Wildman–Crippen LogP) is 5.72. The maximum absolute atomic E-state index is 13.7. The van der Waals surface area contributed by atoms with Crippen LogP contribution in [0.25, 0.3) is 0 Å². The topological polar surface area (TPSA) is 49.4 Å². The summed E-state index contributed by atoms with van der Waals surface area (Å²) in [6, 6.07) is 22.4. The van der Waals surface area contributed by atoms with Crippen molar-refractivity contribution in [2.24, 2.45) is 0 Å². The van der Waals surface area contributed by atoms with Gasteiger partial charge in [-0.1, -0.05) is 85.1 Å². The Morgan fingerprint density at radius 3 is 2.26 bits per heavy atom. The van der Waals surface area contributed by atoms with Crippen molar-refractivity contribution in [3.05, 3.63) is 106 Å². The number of benzene rings is 3. The van der Waals surface area contributed by atoms with E-state index < -0.39 is 6.04 Å². The van der Waals surface area contributed by atoms with Crippen molar-refractivity contribution in [2.45, 2.75) is 57.2 Å². The minimum absolute atomic E-state index is 0.0622. The second-order valence-electron chi connectivity index (χ2n) is 9.11. The molecule has 0 spiro atoms. The van der Waals surface area contributed by atoms with Crippen LogP contribution in [0.2, 0.25) is 5.02 Å². The lowest BCUT2D eigenvalue weighted by Gasteiger charge is -2.32. The largest absolute Gasteiger partial charge is 0.352 e. The van der Waals surface area contributed by atoms with Gasteiger partial charge in [-0.05, 0) is 47.7 Å². The lowest BCUT2D eigenvalue weighted by molar-refractivity contribution is -0.141. The maximum Gasteiger partial charge on any atom is 0.243 e. The third kappa shape index (κ3) is 6.92. The van der Waals surface area contributed by atoms with E-state index in [1.54, 1.807) is 23.1 Å². The Morgan fingerprint density at radius 2 is 1.57 bits per heavy atom. The van der Waals surface area contributed by atoms with Crippen LogP contribution in [-0.2, 0) is 29.0 Å². The first kappa shape index (κ1) is 24.9. The van der Waals surface area contributed by atoms with Gasteiger partial charge < -0.3 is 10.2 Å². The number of amides is 2. The first-order valence-electron chi connectivity index (χ1n) is 12.1. The number of halogens is 2. The third-order valence-corrected chi connectivity index (χ3v) is 6.91. The normalized spacial score (nSPS) is 14.5. The zero-order valence-electron chi connectivity index (χ0n) is 19.6. The Hall–Kier alpha value is -3.18. The van der Waals surface area contributed by atoms with Crippen LogP contribution in [0.4, 0.5) is 4.39 Å². The van der Waals surface area contributed by atoms with Crippen molar-refractivity contribution in [3.63, 3.8) is 0 Å². The molecule has 6 heteroatoms. The third-order valence-electron chi connectivity index (χ3n) is 6.54. The maximum atomic E-state index is 13.7. The average molecular weight is 493 g/mol. The Morgan fingerprint density at radius 1 is 0.914 bits per heavy atom. The summed E-state index contributed by atoms with van der Waals surface area (Å²) < 4.78 is 13.4. The van der Waals surface area contributed by atoms with Crippen molar-refractivity contribution in [1.82, 2.24) is 10.2 Å². The molecule has 0 unspecified atom stereocenters. The molecule has 0 aromatic heterocycles. The summed E-state index contributed by atoms with van der Waals surface area (Å²) in [7, 11) is 0. The molecule has 2 amide bonds.